The minimum atomic E-state index is -0.717. The van der Waals surface area contributed by atoms with Crippen molar-refractivity contribution in [3.05, 3.63) is 24.3 Å². The molecule has 0 radical (unpaired) electrons. The molecule has 0 heterocycles. The van der Waals surface area contributed by atoms with E-state index in [1.165, 1.54) is 64.2 Å². The van der Waals surface area contributed by atoms with Gasteiger partial charge in [-0.25, -0.2) is 0 Å². The first kappa shape index (κ1) is 20.9. The molecule has 2 heteroatoms. The molecule has 0 saturated carbocycles. The van der Waals surface area contributed by atoms with E-state index in [0.29, 0.717) is 6.42 Å². The lowest BCUT2D eigenvalue weighted by Crippen LogP contribution is -1.91. The minimum Gasteiger partial charge on any atom is -0.481 e. The average Bonchev–Trinajstić information content (AvgIpc) is 2.50. The van der Waals surface area contributed by atoms with Crippen molar-refractivity contribution in [3.8, 4) is 0 Å². The normalized spacial score (nSPS) is 11.7. The fourth-order valence-electron chi connectivity index (χ4n) is 2.44. The van der Waals surface area contributed by atoms with Crippen LogP contribution in [-0.4, -0.2) is 11.1 Å². The van der Waals surface area contributed by atoms with Gasteiger partial charge in [-0.1, -0.05) is 82.6 Å². The molecule has 128 valence electrons. The van der Waals surface area contributed by atoms with E-state index in [1.54, 1.807) is 0 Å². The monoisotopic (exact) mass is 308 g/mol. The predicted molar refractivity (Wildman–Crippen MR) is 96.2 cm³/mol. The van der Waals surface area contributed by atoms with Gasteiger partial charge in [-0.15, -0.1) is 0 Å². The molecule has 0 fully saturated rings. The molecule has 0 aliphatic heterocycles. The van der Waals surface area contributed by atoms with Crippen LogP contribution in [0.1, 0.15) is 96.8 Å². The highest BCUT2D eigenvalue weighted by atomic mass is 16.4. The maximum Gasteiger partial charge on any atom is 0.303 e. The molecule has 0 atom stereocenters. The molecule has 0 aliphatic rings. The van der Waals surface area contributed by atoms with Crippen molar-refractivity contribution in [2.75, 3.05) is 0 Å². The summed E-state index contributed by atoms with van der Waals surface area (Å²) in [6, 6.07) is 0. The molecule has 0 spiro atoms. The Bertz CT molecular complexity index is 292. The summed E-state index contributed by atoms with van der Waals surface area (Å²) in [5.74, 6) is -0.717. The number of hydrogen-bond acceptors (Lipinski definition) is 1. The number of carboxylic acids is 1. The van der Waals surface area contributed by atoms with E-state index >= 15 is 0 Å². The van der Waals surface area contributed by atoms with Crippen LogP contribution in [0, 0.1) is 0 Å². The molecular formula is C20H36O2. The average molecular weight is 309 g/mol. The second-order valence-electron chi connectivity index (χ2n) is 6.07. The molecule has 0 aliphatic carbocycles. The second-order valence-corrected chi connectivity index (χ2v) is 6.07. The van der Waals surface area contributed by atoms with Crippen LogP contribution in [0.15, 0.2) is 24.3 Å². The van der Waals surface area contributed by atoms with Crippen LogP contribution in [0.2, 0.25) is 0 Å². The van der Waals surface area contributed by atoms with E-state index in [-0.39, 0.29) is 6.42 Å². The van der Waals surface area contributed by atoms with Gasteiger partial charge in [0.1, 0.15) is 0 Å². The Hall–Kier alpha value is -1.05. The SMILES string of the molecule is CCCCCCCCCCC/C=C/CC/C=C/CCC(=O)O. The molecule has 0 aromatic carbocycles. The van der Waals surface area contributed by atoms with Crippen LogP contribution in [0.4, 0.5) is 0 Å². The van der Waals surface area contributed by atoms with Crippen LogP contribution in [-0.2, 0) is 4.79 Å². The Morgan fingerprint density at radius 3 is 1.68 bits per heavy atom. The Morgan fingerprint density at radius 2 is 1.14 bits per heavy atom. The van der Waals surface area contributed by atoms with E-state index < -0.39 is 5.97 Å². The summed E-state index contributed by atoms with van der Waals surface area (Å²) in [6.45, 7) is 2.27. The topological polar surface area (TPSA) is 37.3 Å². The maximum absolute atomic E-state index is 10.3. The Morgan fingerprint density at radius 1 is 0.682 bits per heavy atom. The Kier molecular flexibility index (Phi) is 17.1. The van der Waals surface area contributed by atoms with Crippen LogP contribution < -0.4 is 0 Å². The van der Waals surface area contributed by atoms with E-state index in [9.17, 15) is 4.79 Å². The van der Waals surface area contributed by atoms with Crippen molar-refractivity contribution in [1.82, 2.24) is 0 Å². The van der Waals surface area contributed by atoms with Gasteiger partial charge >= 0.3 is 5.97 Å². The van der Waals surface area contributed by atoms with Gasteiger partial charge in [-0.2, -0.15) is 0 Å². The van der Waals surface area contributed by atoms with Crippen LogP contribution in [0.25, 0.3) is 0 Å². The zero-order chi connectivity index (χ0) is 16.3. The summed E-state index contributed by atoms with van der Waals surface area (Å²) < 4.78 is 0. The summed E-state index contributed by atoms with van der Waals surface area (Å²) in [6.07, 6.45) is 25.3. The first-order valence-corrected chi connectivity index (χ1v) is 9.29. The number of allylic oxidation sites excluding steroid dienone is 4. The van der Waals surface area contributed by atoms with Gasteiger partial charge in [0, 0.05) is 6.42 Å². The van der Waals surface area contributed by atoms with Gasteiger partial charge in [-0.3, -0.25) is 4.79 Å². The summed E-state index contributed by atoms with van der Waals surface area (Å²) >= 11 is 0. The van der Waals surface area contributed by atoms with Crippen LogP contribution in [0.5, 0.6) is 0 Å². The Balaban J connectivity index is 3.16. The lowest BCUT2D eigenvalue weighted by molar-refractivity contribution is -0.136. The van der Waals surface area contributed by atoms with E-state index in [2.05, 4.69) is 25.2 Å². The third-order valence-corrected chi connectivity index (χ3v) is 3.83. The first-order chi connectivity index (χ1) is 10.8. The van der Waals surface area contributed by atoms with Gasteiger partial charge in [0.05, 0.1) is 0 Å². The minimum absolute atomic E-state index is 0.241. The van der Waals surface area contributed by atoms with Crippen molar-refractivity contribution in [2.45, 2.75) is 96.8 Å². The van der Waals surface area contributed by atoms with E-state index in [1.807, 2.05) is 6.08 Å². The maximum atomic E-state index is 10.3. The number of carboxylic acid groups (broad SMARTS) is 1. The highest BCUT2D eigenvalue weighted by Gasteiger charge is 1.92. The van der Waals surface area contributed by atoms with Crippen molar-refractivity contribution in [2.24, 2.45) is 0 Å². The lowest BCUT2D eigenvalue weighted by atomic mass is 10.1. The largest absolute Gasteiger partial charge is 0.481 e. The number of unbranched alkanes of at least 4 members (excludes halogenated alkanes) is 10. The van der Waals surface area contributed by atoms with E-state index in [4.69, 9.17) is 5.11 Å². The third-order valence-electron chi connectivity index (χ3n) is 3.83. The fraction of sp³-hybridized carbons (Fsp3) is 0.750. The summed E-state index contributed by atoms with van der Waals surface area (Å²) in [4.78, 5) is 10.3. The third kappa shape index (κ3) is 18.9. The molecule has 2 nitrogen and oxygen atoms in total. The number of aliphatic carboxylic acids is 1. The second kappa shape index (κ2) is 18.0. The summed E-state index contributed by atoms with van der Waals surface area (Å²) in [5.41, 5.74) is 0. The number of carbonyl (C=O) groups is 1. The lowest BCUT2D eigenvalue weighted by Gasteiger charge is -2.00. The van der Waals surface area contributed by atoms with Crippen LogP contribution >= 0.6 is 0 Å². The molecule has 0 saturated heterocycles. The number of hydrogen-bond donors (Lipinski definition) is 1. The quantitative estimate of drug-likeness (QED) is 0.255. The highest BCUT2D eigenvalue weighted by molar-refractivity contribution is 5.66. The van der Waals surface area contributed by atoms with Crippen LogP contribution in [0.3, 0.4) is 0 Å². The molecule has 22 heavy (non-hydrogen) atoms. The molecule has 0 unspecified atom stereocenters. The fourth-order valence-corrected chi connectivity index (χ4v) is 2.44. The summed E-state index contributed by atoms with van der Waals surface area (Å²) in [7, 11) is 0. The molecule has 1 N–H and O–H groups in total. The van der Waals surface area contributed by atoms with Crippen molar-refractivity contribution >= 4 is 5.97 Å². The molecule has 0 bridgehead atoms. The van der Waals surface area contributed by atoms with Crippen molar-refractivity contribution in [3.63, 3.8) is 0 Å². The molecule has 0 amide bonds. The van der Waals surface area contributed by atoms with Crippen molar-refractivity contribution < 1.29 is 9.90 Å². The molecule has 0 aromatic rings. The van der Waals surface area contributed by atoms with Crippen molar-refractivity contribution in [1.29, 1.82) is 0 Å². The van der Waals surface area contributed by atoms with Gasteiger partial charge in [0.2, 0.25) is 0 Å². The molecule has 0 rings (SSSR count). The zero-order valence-electron chi connectivity index (χ0n) is 14.6. The Labute approximate surface area is 137 Å². The zero-order valence-corrected chi connectivity index (χ0v) is 14.6. The van der Waals surface area contributed by atoms with E-state index in [0.717, 1.165) is 12.8 Å². The number of rotatable bonds is 16. The van der Waals surface area contributed by atoms with Gasteiger partial charge in [-0.05, 0) is 32.1 Å². The highest BCUT2D eigenvalue weighted by Crippen LogP contribution is 2.10. The predicted octanol–water partition coefficient (Wildman–Crippen LogP) is 6.66. The summed E-state index contributed by atoms with van der Waals surface area (Å²) in [5, 5.41) is 8.49. The smallest absolute Gasteiger partial charge is 0.303 e. The van der Waals surface area contributed by atoms with Gasteiger partial charge in [0.25, 0.3) is 0 Å². The standard InChI is InChI=1S/C20H36O2/c1-2-3-4-5-6-7-8-9-10-11-12-13-14-15-16-17-18-19-20(21)22/h12-13,16-17H,2-11,14-15,18-19H2,1H3,(H,21,22)/b13-12+,17-16+. The van der Waals surface area contributed by atoms with Gasteiger partial charge in [0.15, 0.2) is 0 Å². The molecular weight excluding hydrogens is 272 g/mol. The first-order valence-electron chi connectivity index (χ1n) is 9.29. The van der Waals surface area contributed by atoms with Gasteiger partial charge < -0.3 is 5.11 Å². The molecule has 0 aromatic heterocycles.